The molecule has 1 heterocycles. The van der Waals surface area contributed by atoms with Crippen molar-refractivity contribution >= 4 is 23.2 Å². The van der Waals surface area contributed by atoms with Gasteiger partial charge in [-0.05, 0) is 30.8 Å². The summed E-state index contributed by atoms with van der Waals surface area (Å²) in [5, 5.41) is 14.5. The molecule has 0 aliphatic heterocycles. The third-order valence-electron chi connectivity index (χ3n) is 2.77. The van der Waals surface area contributed by atoms with E-state index < -0.39 is 17.0 Å². The zero-order valence-electron chi connectivity index (χ0n) is 11.3. The molecule has 6 N–H and O–H groups in total. The van der Waals surface area contributed by atoms with Gasteiger partial charge in [-0.3, -0.25) is 4.79 Å². The molecule has 0 bridgehead atoms. The Morgan fingerprint density at radius 3 is 2.71 bits per heavy atom. The van der Waals surface area contributed by atoms with Crippen molar-refractivity contribution in [2.24, 2.45) is 22.3 Å². The van der Waals surface area contributed by atoms with Gasteiger partial charge in [-0.15, -0.1) is 11.3 Å². The lowest BCUT2D eigenvalue weighted by atomic mass is 10.1. The molecule has 1 amide bonds. The molecule has 1 rings (SSSR count). The highest BCUT2D eigenvalue weighted by Crippen LogP contribution is 2.16. The maximum absolute atomic E-state index is 11.6. The van der Waals surface area contributed by atoms with Gasteiger partial charge >= 0.3 is 0 Å². The van der Waals surface area contributed by atoms with E-state index in [0.717, 1.165) is 4.88 Å². The first kappa shape index (κ1) is 16.9. The summed E-state index contributed by atoms with van der Waals surface area (Å²) in [6, 6.07) is 2.87. The molecule has 0 saturated heterocycles. The summed E-state index contributed by atoms with van der Waals surface area (Å²) in [5.74, 6) is -0.976. The Labute approximate surface area is 125 Å². The van der Waals surface area contributed by atoms with E-state index >= 15 is 0 Å². The summed E-state index contributed by atoms with van der Waals surface area (Å²) in [7, 11) is 0. The van der Waals surface area contributed by atoms with Crippen LogP contribution in [0.5, 0.6) is 0 Å². The van der Waals surface area contributed by atoms with Crippen molar-refractivity contribution in [2.45, 2.75) is 25.4 Å². The van der Waals surface area contributed by atoms with Crippen molar-refractivity contribution < 1.29 is 9.83 Å². The summed E-state index contributed by atoms with van der Waals surface area (Å²) >= 11 is 1.44. The molecule has 0 saturated carbocycles. The van der Waals surface area contributed by atoms with Crippen LogP contribution < -0.4 is 17.2 Å². The number of nitro groups is 1. The molecule has 0 spiro atoms. The average molecular weight is 314 g/mol. The van der Waals surface area contributed by atoms with Crippen LogP contribution in [-0.2, 0) is 11.3 Å². The second kappa shape index (κ2) is 8.17. The monoisotopic (exact) mass is 314 g/mol. The van der Waals surface area contributed by atoms with E-state index in [1.54, 1.807) is 0 Å². The number of hydrogen-bond donors (Lipinski definition) is 3. The van der Waals surface area contributed by atoms with Crippen molar-refractivity contribution in [2.75, 3.05) is 6.54 Å². The van der Waals surface area contributed by atoms with Gasteiger partial charge in [0.2, 0.25) is 5.91 Å². The third kappa shape index (κ3) is 5.36. The number of thiophene rings is 1. The maximum atomic E-state index is 11.6. The van der Waals surface area contributed by atoms with Crippen molar-refractivity contribution in [3.63, 3.8) is 0 Å². The number of rotatable bonds is 8. The molecule has 116 valence electrons. The number of amides is 1. The first-order valence-electron chi connectivity index (χ1n) is 6.22. The summed E-state index contributed by atoms with van der Waals surface area (Å²) in [6.45, 7) is 0.599. The van der Waals surface area contributed by atoms with Gasteiger partial charge in [0.15, 0.2) is 5.03 Å². The zero-order chi connectivity index (χ0) is 15.8. The summed E-state index contributed by atoms with van der Waals surface area (Å²) < 4.78 is 0. The minimum absolute atomic E-state index is 0.221. The fourth-order valence-electron chi connectivity index (χ4n) is 1.83. The van der Waals surface area contributed by atoms with Gasteiger partial charge < -0.3 is 22.1 Å². The van der Waals surface area contributed by atoms with Crippen LogP contribution in [0.1, 0.15) is 17.7 Å². The van der Waals surface area contributed by atoms with E-state index in [0.29, 0.717) is 19.4 Å². The molecule has 0 fully saturated rings. The lowest BCUT2D eigenvalue weighted by Gasteiger charge is -2.28. The number of primary amides is 1. The number of nitrogens with zero attached hydrogens (tertiary/aromatic N) is 3. The average Bonchev–Trinajstić information content (AvgIpc) is 2.89. The molecule has 0 aliphatic rings. The largest absolute Gasteiger partial charge is 0.368 e. The van der Waals surface area contributed by atoms with Crippen molar-refractivity contribution in [1.82, 2.24) is 4.90 Å². The predicted octanol–water partition coefficient (Wildman–Crippen LogP) is -0.351. The summed E-state index contributed by atoms with van der Waals surface area (Å²) in [6.07, 6.45) is 0.894. The normalized spacial score (nSPS) is 12.9. The second-order valence-corrected chi connectivity index (χ2v) is 5.28. The van der Waals surface area contributed by atoms with Crippen molar-refractivity contribution in [3.05, 3.63) is 32.5 Å². The van der Waals surface area contributed by atoms with Gasteiger partial charge in [-0.1, -0.05) is 6.07 Å². The Morgan fingerprint density at radius 1 is 1.52 bits per heavy atom. The van der Waals surface area contributed by atoms with Gasteiger partial charge in [-0.2, -0.15) is 0 Å². The lowest BCUT2D eigenvalue weighted by molar-refractivity contribution is -0.485. The van der Waals surface area contributed by atoms with Crippen LogP contribution in [0.4, 0.5) is 0 Å². The number of guanidine groups is 1. The van der Waals surface area contributed by atoms with Gasteiger partial charge in [0, 0.05) is 4.88 Å². The summed E-state index contributed by atoms with van der Waals surface area (Å²) in [4.78, 5) is 24.4. The van der Waals surface area contributed by atoms with Crippen LogP contribution in [0.15, 0.2) is 22.6 Å². The highest BCUT2D eigenvalue weighted by molar-refractivity contribution is 7.09. The number of carbonyl (C=O) groups excluding carboxylic acids is 1. The van der Waals surface area contributed by atoms with Crippen LogP contribution in [0.3, 0.4) is 0 Å². The van der Waals surface area contributed by atoms with E-state index in [9.17, 15) is 14.9 Å². The van der Waals surface area contributed by atoms with E-state index in [-0.39, 0.29) is 12.5 Å². The topological polar surface area (TPSA) is 154 Å². The molecule has 0 unspecified atom stereocenters. The van der Waals surface area contributed by atoms with Crippen LogP contribution in [0.25, 0.3) is 0 Å². The van der Waals surface area contributed by atoms with Crippen LogP contribution >= 0.6 is 11.3 Å². The highest BCUT2D eigenvalue weighted by atomic mass is 32.1. The first-order valence-corrected chi connectivity index (χ1v) is 7.10. The molecule has 0 radical (unpaired) electrons. The van der Waals surface area contributed by atoms with Crippen LogP contribution in [0, 0.1) is 10.1 Å². The smallest absolute Gasteiger partial charge is 0.269 e. The van der Waals surface area contributed by atoms with E-state index in [4.69, 9.17) is 17.2 Å². The number of carbonyl (C=O) groups is 1. The van der Waals surface area contributed by atoms with E-state index in [1.165, 1.54) is 16.2 Å². The standard InChI is InChI=1S/C11H18N6O3S/c12-5-1-4-9(10(13)18)16(11(14)15-17(19)20)7-8-3-2-6-21-8/h2-3,6,9H,1,4-5,7,12H2,(H2,13,18)(H2,14,15)/t9-/m1/s1. The molecule has 1 atom stereocenters. The maximum Gasteiger partial charge on any atom is 0.269 e. The number of hydrogen-bond acceptors (Lipinski definition) is 5. The lowest BCUT2D eigenvalue weighted by Crippen LogP contribution is -2.50. The third-order valence-corrected chi connectivity index (χ3v) is 3.63. The fourth-order valence-corrected chi connectivity index (χ4v) is 2.53. The fraction of sp³-hybridized carbons (Fsp3) is 0.455. The molecular formula is C11H18N6O3S. The highest BCUT2D eigenvalue weighted by Gasteiger charge is 2.27. The number of hydrazone groups is 1. The molecule has 21 heavy (non-hydrogen) atoms. The molecule has 1 aromatic rings. The van der Waals surface area contributed by atoms with Crippen molar-refractivity contribution in [3.8, 4) is 0 Å². The van der Waals surface area contributed by atoms with Crippen molar-refractivity contribution in [1.29, 1.82) is 0 Å². The molecule has 1 aromatic heterocycles. The Hall–Kier alpha value is -2.20. The Morgan fingerprint density at radius 2 is 2.24 bits per heavy atom. The Balaban J connectivity index is 3.02. The first-order chi connectivity index (χ1) is 9.95. The Kier molecular flexibility index (Phi) is 6.56. The molecule has 0 aliphatic carbocycles. The summed E-state index contributed by atoms with van der Waals surface area (Å²) in [5.41, 5.74) is 16.5. The minimum Gasteiger partial charge on any atom is -0.368 e. The SMILES string of the molecule is NCCC[C@H](C(N)=O)N(Cc1cccs1)C(N)=N[N+](=O)[O-]. The minimum atomic E-state index is -0.905. The molecule has 10 heteroatoms. The van der Waals surface area contributed by atoms with Gasteiger partial charge in [0.05, 0.1) is 6.54 Å². The van der Waals surface area contributed by atoms with Crippen LogP contribution in [0.2, 0.25) is 0 Å². The molecular weight excluding hydrogens is 296 g/mol. The molecule has 9 nitrogen and oxygen atoms in total. The predicted molar refractivity (Wildman–Crippen MR) is 79.7 cm³/mol. The number of nitrogens with two attached hydrogens (primary N) is 3. The van der Waals surface area contributed by atoms with E-state index in [2.05, 4.69) is 5.10 Å². The molecule has 0 aromatic carbocycles. The quantitative estimate of drug-likeness (QED) is 0.258. The van der Waals surface area contributed by atoms with Gasteiger partial charge in [-0.25, -0.2) is 10.1 Å². The van der Waals surface area contributed by atoms with Gasteiger partial charge in [0.25, 0.3) is 5.96 Å². The van der Waals surface area contributed by atoms with Gasteiger partial charge in [0.1, 0.15) is 11.1 Å². The van der Waals surface area contributed by atoms with Crippen LogP contribution in [-0.4, -0.2) is 34.4 Å². The van der Waals surface area contributed by atoms with E-state index in [1.807, 2.05) is 17.5 Å². The zero-order valence-corrected chi connectivity index (χ0v) is 12.2. The Bertz CT molecular complexity index is 504. The second-order valence-electron chi connectivity index (χ2n) is 4.25.